The van der Waals surface area contributed by atoms with Gasteiger partial charge in [0.2, 0.25) is 5.91 Å². The van der Waals surface area contributed by atoms with Crippen LogP contribution < -0.4 is 5.32 Å². The number of carbonyl (C=O) groups excluding carboxylic acids is 2. The molecule has 9 nitrogen and oxygen atoms in total. The van der Waals surface area contributed by atoms with Crippen LogP contribution in [0, 0.1) is 5.92 Å². The van der Waals surface area contributed by atoms with E-state index in [4.69, 9.17) is 5.53 Å². The third-order valence-electron chi connectivity index (χ3n) is 4.93. The Hall–Kier alpha value is -2.16. The number of nitrogens with one attached hydrogen (secondary N) is 1. The van der Waals surface area contributed by atoms with E-state index < -0.39 is 0 Å². The summed E-state index contributed by atoms with van der Waals surface area (Å²) in [7, 11) is 5.47. The zero-order valence-corrected chi connectivity index (χ0v) is 16.0. The van der Waals surface area contributed by atoms with Crippen LogP contribution in [0.15, 0.2) is 5.11 Å². The first-order chi connectivity index (χ1) is 12.4. The van der Waals surface area contributed by atoms with Gasteiger partial charge in [-0.1, -0.05) is 5.11 Å². The van der Waals surface area contributed by atoms with Crippen LogP contribution in [0.5, 0.6) is 0 Å². The second kappa shape index (κ2) is 7.61. The lowest BCUT2D eigenvalue weighted by Gasteiger charge is -2.34. The van der Waals surface area contributed by atoms with Crippen molar-refractivity contribution >= 4 is 23.2 Å². The molecular weight excluding hydrogens is 354 g/mol. The largest absolute Gasteiger partial charge is 0.349 e. The number of rotatable bonds is 4. The molecule has 1 aromatic heterocycles. The molecule has 3 rings (SSSR count). The Bertz CT molecular complexity index is 732. The molecule has 0 spiro atoms. The van der Waals surface area contributed by atoms with Crippen LogP contribution in [0.4, 0.5) is 0 Å². The van der Waals surface area contributed by atoms with Crippen molar-refractivity contribution in [2.24, 2.45) is 11.0 Å². The predicted octanol–water partition coefficient (Wildman–Crippen LogP) is 1.75. The highest BCUT2D eigenvalue weighted by molar-refractivity contribution is 7.13. The number of aromatic nitrogens is 1. The Morgan fingerprint density at radius 3 is 2.81 bits per heavy atom. The molecule has 3 atom stereocenters. The average molecular weight is 377 g/mol. The van der Waals surface area contributed by atoms with Gasteiger partial charge in [0.15, 0.2) is 5.01 Å². The van der Waals surface area contributed by atoms with Crippen molar-refractivity contribution in [1.29, 1.82) is 0 Å². The quantitative estimate of drug-likeness (QED) is 0.489. The van der Waals surface area contributed by atoms with Crippen molar-refractivity contribution in [1.82, 2.24) is 20.1 Å². The summed E-state index contributed by atoms with van der Waals surface area (Å²) in [6, 6.07) is -0.699. The van der Waals surface area contributed by atoms with Gasteiger partial charge in [-0.25, -0.2) is 4.98 Å². The van der Waals surface area contributed by atoms with Crippen molar-refractivity contribution in [3.05, 3.63) is 26.0 Å². The standard InChI is InChI=1S/C16H23N7O2S/c1-22(2)16(25)9-4-5-10(20-21-17)11(6-9)18-14(24)15-19-12-7-23(3)8-13(12)26-15/h9-11H,4-8H2,1-3H3,(H,18,24)/t9-,10-,11-/m0/s1. The SMILES string of the molecule is CN1Cc2nc(C(=O)N[C@H]3C[C@@H](C(=O)N(C)C)CC[C@@H]3N=[N+]=[N-])sc2C1. The maximum atomic E-state index is 12.7. The Kier molecular flexibility index (Phi) is 5.45. The first kappa shape index (κ1) is 18.6. The van der Waals surface area contributed by atoms with Crippen LogP contribution in [0.1, 0.15) is 39.6 Å². The van der Waals surface area contributed by atoms with E-state index in [1.54, 1.807) is 19.0 Å². The number of fused-ring (bicyclic) bond motifs is 1. The Labute approximate surface area is 156 Å². The molecule has 140 valence electrons. The highest BCUT2D eigenvalue weighted by Gasteiger charge is 2.35. The van der Waals surface area contributed by atoms with Gasteiger partial charge in [-0.2, -0.15) is 0 Å². The molecule has 1 aromatic rings. The molecule has 10 heteroatoms. The van der Waals surface area contributed by atoms with Crippen LogP contribution in [0.3, 0.4) is 0 Å². The second-order valence-corrected chi connectivity index (χ2v) is 8.24. The van der Waals surface area contributed by atoms with E-state index in [1.807, 2.05) is 7.05 Å². The van der Waals surface area contributed by atoms with E-state index in [-0.39, 0.29) is 29.8 Å². The lowest BCUT2D eigenvalue weighted by molar-refractivity contribution is -0.134. The molecule has 2 aliphatic rings. The number of amides is 2. The normalized spacial score (nSPS) is 25.3. The molecule has 1 fully saturated rings. The van der Waals surface area contributed by atoms with Gasteiger partial charge in [0.25, 0.3) is 5.91 Å². The van der Waals surface area contributed by atoms with E-state index in [2.05, 4.69) is 25.2 Å². The summed E-state index contributed by atoms with van der Waals surface area (Å²) < 4.78 is 0. The molecule has 2 amide bonds. The Balaban J connectivity index is 1.71. The molecule has 0 aromatic carbocycles. The minimum atomic E-state index is -0.359. The first-order valence-corrected chi connectivity index (χ1v) is 9.44. The fourth-order valence-corrected chi connectivity index (χ4v) is 4.67. The number of hydrogen-bond acceptors (Lipinski definition) is 6. The van der Waals surface area contributed by atoms with Crippen LogP contribution >= 0.6 is 11.3 Å². The summed E-state index contributed by atoms with van der Waals surface area (Å²) in [5, 5.41) is 7.22. The third kappa shape index (κ3) is 3.82. The third-order valence-corrected chi connectivity index (χ3v) is 6.01. The van der Waals surface area contributed by atoms with Crippen LogP contribution in [0.2, 0.25) is 0 Å². The Morgan fingerprint density at radius 1 is 1.38 bits per heavy atom. The molecule has 0 radical (unpaired) electrons. The molecule has 2 heterocycles. The fourth-order valence-electron chi connectivity index (χ4n) is 3.62. The Morgan fingerprint density at radius 2 is 2.15 bits per heavy atom. The monoisotopic (exact) mass is 377 g/mol. The van der Waals surface area contributed by atoms with E-state index in [1.165, 1.54) is 11.3 Å². The number of nitrogens with zero attached hydrogens (tertiary/aromatic N) is 6. The highest BCUT2D eigenvalue weighted by atomic mass is 32.1. The lowest BCUT2D eigenvalue weighted by atomic mass is 9.82. The number of carbonyl (C=O) groups is 2. The van der Waals surface area contributed by atoms with Gasteiger partial charge in [0.05, 0.1) is 11.7 Å². The molecule has 0 unspecified atom stereocenters. The van der Waals surface area contributed by atoms with Crippen molar-refractivity contribution in [2.75, 3.05) is 21.1 Å². The summed E-state index contributed by atoms with van der Waals surface area (Å²) >= 11 is 1.41. The summed E-state index contributed by atoms with van der Waals surface area (Å²) in [5.74, 6) is -0.386. The summed E-state index contributed by atoms with van der Waals surface area (Å²) in [4.78, 5) is 37.1. The van der Waals surface area contributed by atoms with Gasteiger partial charge in [0, 0.05) is 48.9 Å². The van der Waals surface area contributed by atoms with Gasteiger partial charge < -0.3 is 10.2 Å². The smallest absolute Gasteiger partial charge is 0.280 e. The molecule has 1 aliphatic heterocycles. The van der Waals surface area contributed by atoms with Gasteiger partial charge in [-0.3, -0.25) is 14.5 Å². The van der Waals surface area contributed by atoms with Crippen LogP contribution in [-0.2, 0) is 17.9 Å². The molecular formula is C16H23N7O2S. The summed E-state index contributed by atoms with van der Waals surface area (Å²) in [6.45, 7) is 1.56. The summed E-state index contributed by atoms with van der Waals surface area (Å²) in [6.07, 6.45) is 1.71. The van der Waals surface area contributed by atoms with Crippen LogP contribution in [-0.4, -0.2) is 59.8 Å². The van der Waals surface area contributed by atoms with Gasteiger partial charge in [0.1, 0.15) is 0 Å². The van der Waals surface area contributed by atoms with Gasteiger partial charge in [-0.15, -0.1) is 11.3 Å². The zero-order chi connectivity index (χ0) is 18.8. The lowest BCUT2D eigenvalue weighted by Crippen LogP contribution is -2.48. The average Bonchev–Trinajstić information content (AvgIpc) is 3.13. The minimum absolute atomic E-state index is 0.0416. The molecule has 1 saturated carbocycles. The number of thiazole rings is 1. The van der Waals surface area contributed by atoms with E-state index in [0.717, 1.165) is 23.7 Å². The molecule has 1 N–H and O–H groups in total. The topological polar surface area (TPSA) is 114 Å². The highest BCUT2D eigenvalue weighted by Crippen LogP contribution is 2.30. The predicted molar refractivity (Wildman–Crippen MR) is 97.5 cm³/mol. The van der Waals surface area contributed by atoms with E-state index in [9.17, 15) is 9.59 Å². The van der Waals surface area contributed by atoms with Crippen molar-refractivity contribution in [3.8, 4) is 0 Å². The van der Waals surface area contributed by atoms with Gasteiger partial charge in [-0.05, 0) is 31.8 Å². The maximum absolute atomic E-state index is 12.7. The molecule has 0 bridgehead atoms. The molecule has 26 heavy (non-hydrogen) atoms. The maximum Gasteiger partial charge on any atom is 0.280 e. The van der Waals surface area contributed by atoms with Crippen LogP contribution in [0.25, 0.3) is 10.4 Å². The van der Waals surface area contributed by atoms with E-state index >= 15 is 0 Å². The van der Waals surface area contributed by atoms with Crippen molar-refractivity contribution in [3.63, 3.8) is 0 Å². The zero-order valence-electron chi connectivity index (χ0n) is 15.2. The number of hydrogen-bond donors (Lipinski definition) is 1. The summed E-state index contributed by atoms with van der Waals surface area (Å²) in [5.41, 5.74) is 9.77. The fraction of sp³-hybridized carbons (Fsp3) is 0.688. The van der Waals surface area contributed by atoms with Gasteiger partial charge >= 0.3 is 0 Å². The molecule has 1 aliphatic carbocycles. The molecule has 0 saturated heterocycles. The number of azide groups is 1. The van der Waals surface area contributed by atoms with E-state index in [0.29, 0.717) is 24.3 Å². The second-order valence-electron chi connectivity index (χ2n) is 7.16. The van der Waals surface area contributed by atoms with Crippen molar-refractivity contribution in [2.45, 2.75) is 44.4 Å². The first-order valence-electron chi connectivity index (χ1n) is 8.62. The minimum Gasteiger partial charge on any atom is -0.349 e. The van der Waals surface area contributed by atoms with Crippen molar-refractivity contribution < 1.29 is 9.59 Å².